The van der Waals surface area contributed by atoms with E-state index >= 15 is 0 Å². The third-order valence-corrected chi connectivity index (χ3v) is 4.79. The average molecular weight is 326 g/mol. The Kier molecular flexibility index (Phi) is 8.02. The number of carboxylic acid groups (broad SMARTS) is 1. The number of amides is 1. The standard InChI is InChI=1S/C16H30N4O3/c1-5-11(6-2)15(20-10(3)21)13-7-12(16(22)23)8-14(13)18-9-19-17-4/h9,11-15,17H,5-8H2,1-4H3,(H,18,19)(H,20,21)(H,22,23)/t12-,13-,14-,15+/m1/s1. The van der Waals surface area contributed by atoms with Gasteiger partial charge in [0.25, 0.3) is 0 Å². The number of rotatable bonds is 9. The number of hydrazine groups is 1. The molecule has 132 valence electrons. The van der Waals surface area contributed by atoms with Crippen LogP contribution >= 0.6 is 0 Å². The molecule has 1 fully saturated rings. The number of nitrogens with zero attached hydrogens (tertiary/aromatic N) is 1. The Morgan fingerprint density at radius 1 is 1.30 bits per heavy atom. The molecule has 1 aliphatic carbocycles. The van der Waals surface area contributed by atoms with Crippen LogP contribution in [0.5, 0.6) is 0 Å². The smallest absolute Gasteiger partial charge is 0.306 e. The topological polar surface area (TPSA) is 103 Å². The molecule has 7 nitrogen and oxygen atoms in total. The van der Waals surface area contributed by atoms with Gasteiger partial charge < -0.3 is 15.8 Å². The van der Waals surface area contributed by atoms with Crippen LogP contribution in [0.4, 0.5) is 0 Å². The minimum atomic E-state index is -0.777. The Bertz CT molecular complexity index is 424. The molecule has 0 radical (unpaired) electrons. The van der Waals surface area contributed by atoms with Gasteiger partial charge in [-0.3, -0.25) is 14.6 Å². The van der Waals surface area contributed by atoms with Gasteiger partial charge in [-0.05, 0) is 18.8 Å². The van der Waals surface area contributed by atoms with Crippen LogP contribution in [0.3, 0.4) is 0 Å². The van der Waals surface area contributed by atoms with E-state index in [1.165, 1.54) is 6.92 Å². The fourth-order valence-corrected chi connectivity index (χ4v) is 3.61. The first-order valence-electron chi connectivity index (χ1n) is 8.38. The number of carbonyl (C=O) groups excluding carboxylic acids is 1. The lowest BCUT2D eigenvalue weighted by atomic mass is 9.81. The summed E-state index contributed by atoms with van der Waals surface area (Å²) in [5, 5.41) is 12.4. The maximum atomic E-state index is 11.6. The first kappa shape index (κ1) is 19.4. The number of carboxylic acids is 1. The molecule has 0 saturated heterocycles. The highest BCUT2D eigenvalue weighted by Gasteiger charge is 2.43. The summed E-state index contributed by atoms with van der Waals surface area (Å²) in [5.41, 5.74) is 5.56. The molecule has 1 amide bonds. The van der Waals surface area contributed by atoms with Gasteiger partial charge in [-0.15, -0.1) is 0 Å². The largest absolute Gasteiger partial charge is 0.481 e. The molecule has 23 heavy (non-hydrogen) atoms. The zero-order valence-corrected chi connectivity index (χ0v) is 14.5. The van der Waals surface area contributed by atoms with Gasteiger partial charge >= 0.3 is 5.97 Å². The molecule has 7 heteroatoms. The van der Waals surface area contributed by atoms with Crippen LogP contribution in [0.15, 0.2) is 4.99 Å². The lowest BCUT2D eigenvalue weighted by Crippen LogP contribution is -2.46. The van der Waals surface area contributed by atoms with E-state index in [0.29, 0.717) is 18.8 Å². The van der Waals surface area contributed by atoms with E-state index in [-0.39, 0.29) is 23.9 Å². The predicted octanol–water partition coefficient (Wildman–Crippen LogP) is 1.16. The third-order valence-electron chi connectivity index (χ3n) is 4.79. The molecule has 0 aromatic heterocycles. The van der Waals surface area contributed by atoms with Crippen molar-refractivity contribution >= 4 is 18.2 Å². The van der Waals surface area contributed by atoms with Gasteiger partial charge in [0.2, 0.25) is 5.91 Å². The zero-order valence-electron chi connectivity index (χ0n) is 14.5. The molecular formula is C16H30N4O3. The molecule has 0 heterocycles. The van der Waals surface area contributed by atoms with E-state index in [4.69, 9.17) is 0 Å². The van der Waals surface area contributed by atoms with Crippen LogP contribution in [0, 0.1) is 17.8 Å². The first-order valence-corrected chi connectivity index (χ1v) is 8.38. The van der Waals surface area contributed by atoms with Crippen molar-refractivity contribution in [1.29, 1.82) is 0 Å². The number of hydrogen-bond acceptors (Lipinski definition) is 4. The van der Waals surface area contributed by atoms with Crippen LogP contribution < -0.4 is 16.2 Å². The molecule has 0 bridgehead atoms. The van der Waals surface area contributed by atoms with Crippen LogP contribution in [0.2, 0.25) is 0 Å². The Morgan fingerprint density at radius 3 is 2.43 bits per heavy atom. The summed E-state index contributed by atoms with van der Waals surface area (Å²) in [4.78, 5) is 27.5. The third kappa shape index (κ3) is 5.49. The molecule has 0 aromatic rings. The van der Waals surface area contributed by atoms with Crippen molar-refractivity contribution in [3.05, 3.63) is 0 Å². The number of hydrogen-bond donors (Lipinski definition) is 4. The lowest BCUT2D eigenvalue weighted by Gasteiger charge is -2.33. The zero-order chi connectivity index (χ0) is 17.4. The summed E-state index contributed by atoms with van der Waals surface area (Å²) in [6, 6.07) is -0.141. The van der Waals surface area contributed by atoms with E-state index in [1.807, 2.05) is 0 Å². The van der Waals surface area contributed by atoms with E-state index in [2.05, 4.69) is 35.0 Å². The van der Waals surface area contributed by atoms with Gasteiger partial charge in [-0.2, -0.15) is 0 Å². The van der Waals surface area contributed by atoms with Gasteiger partial charge in [0, 0.05) is 25.9 Å². The summed E-state index contributed by atoms with van der Waals surface area (Å²) in [6.45, 7) is 5.72. The van der Waals surface area contributed by atoms with Gasteiger partial charge in [-0.25, -0.2) is 5.43 Å². The fraction of sp³-hybridized carbons (Fsp3) is 0.812. The molecule has 0 unspecified atom stereocenters. The highest BCUT2D eigenvalue weighted by Crippen LogP contribution is 2.39. The van der Waals surface area contributed by atoms with Gasteiger partial charge in [0.1, 0.15) is 0 Å². The maximum absolute atomic E-state index is 11.6. The summed E-state index contributed by atoms with van der Waals surface area (Å²) >= 11 is 0. The number of aliphatic imine (C=N–C) groups is 1. The van der Waals surface area contributed by atoms with Crippen LogP contribution in [-0.2, 0) is 9.59 Å². The Hall–Kier alpha value is -1.63. The highest BCUT2D eigenvalue weighted by molar-refractivity contribution is 5.73. The minimum Gasteiger partial charge on any atom is -0.481 e. The van der Waals surface area contributed by atoms with Gasteiger partial charge in [0.05, 0.1) is 18.3 Å². The molecular weight excluding hydrogens is 296 g/mol. The molecule has 0 aromatic carbocycles. The molecule has 4 atom stereocenters. The number of nitrogens with one attached hydrogen (secondary N) is 3. The van der Waals surface area contributed by atoms with E-state index in [0.717, 1.165) is 12.8 Å². The first-order chi connectivity index (χ1) is 10.9. The van der Waals surface area contributed by atoms with E-state index < -0.39 is 11.9 Å². The number of carbonyl (C=O) groups is 2. The second kappa shape index (κ2) is 9.50. The Morgan fingerprint density at radius 2 is 1.96 bits per heavy atom. The molecule has 0 aliphatic heterocycles. The van der Waals surface area contributed by atoms with E-state index in [9.17, 15) is 14.7 Å². The van der Waals surface area contributed by atoms with Crippen molar-refractivity contribution in [1.82, 2.24) is 16.2 Å². The monoisotopic (exact) mass is 326 g/mol. The van der Waals surface area contributed by atoms with Crippen molar-refractivity contribution in [2.24, 2.45) is 22.7 Å². The summed E-state index contributed by atoms with van der Waals surface area (Å²) in [5.74, 6) is -0.884. The van der Waals surface area contributed by atoms with Crippen LogP contribution in [-0.4, -0.2) is 42.5 Å². The van der Waals surface area contributed by atoms with Crippen molar-refractivity contribution in [2.75, 3.05) is 7.05 Å². The van der Waals surface area contributed by atoms with Crippen molar-refractivity contribution in [3.63, 3.8) is 0 Å². The molecule has 1 saturated carbocycles. The van der Waals surface area contributed by atoms with Gasteiger partial charge in [-0.1, -0.05) is 26.7 Å². The van der Waals surface area contributed by atoms with Crippen LogP contribution in [0.25, 0.3) is 0 Å². The lowest BCUT2D eigenvalue weighted by molar-refractivity contribution is -0.141. The molecule has 0 spiro atoms. The van der Waals surface area contributed by atoms with E-state index in [1.54, 1.807) is 13.4 Å². The second-order valence-electron chi connectivity index (χ2n) is 6.21. The quantitative estimate of drug-likeness (QED) is 0.289. The predicted molar refractivity (Wildman–Crippen MR) is 90.0 cm³/mol. The van der Waals surface area contributed by atoms with Crippen LogP contribution in [0.1, 0.15) is 46.5 Å². The summed E-state index contributed by atoms with van der Waals surface area (Å²) in [6.07, 6.45) is 4.53. The van der Waals surface area contributed by atoms with Crippen molar-refractivity contribution in [3.8, 4) is 0 Å². The number of aliphatic carboxylic acids is 1. The molecule has 1 aliphatic rings. The second-order valence-corrected chi connectivity index (χ2v) is 6.21. The normalized spacial score (nSPS) is 25.7. The Labute approximate surface area is 138 Å². The summed E-state index contributed by atoms with van der Waals surface area (Å²) in [7, 11) is 1.74. The fourth-order valence-electron chi connectivity index (χ4n) is 3.61. The van der Waals surface area contributed by atoms with Gasteiger partial charge in [0.15, 0.2) is 0 Å². The molecule has 4 N–H and O–H groups in total. The van der Waals surface area contributed by atoms with Crippen molar-refractivity contribution in [2.45, 2.75) is 58.5 Å². The SMILES string of the molecule is CCC(CC)[C@H](NC(C)=O)[C@@H]1C[C@@H](C(=O)O)C[C@H]1N=CNNC. The summed E-state index contributed by atoms with van der Waals surface area (Å²) < 4.78 is 0. The average Bonchev–Trinajstić information content (AvgIpc) is 2.91. The highest BCUT2D eigenvalue weighted by atomic mass is 16.4. The maximum Gasteiger partial charge on any atom is 0.306 e. The minimum absolute atomic E-state index is 0.0383. The Balaban J connectivity index is 3.01. The van der Waals surface area contributed by atoms with Crippen molar-refractivity contribution < 1.29 is 14.7 Å². The molecule has 1 rings (SSSR count).